The molecule has 0 amide bonds. The van der Waals surface area contributed by atoms with Crippen molar-refractivity contribution in [3.05, 3.63) is 119 Å². The van der Waals surface area contributed by atoms with Gasteiger partial charge in [0.15, 0.2) is 0 Å². The second kappa shape index (κ2) is 16.7. The fourth-order valence-electron chi connectivity index (χ4n) is 4.57. The van der Waals surface area contributed by atoms with E-state index in [0.29, 0.717) is 6.42 Å². The summed E-state index contributed by atoms with van der Waals surface area (Å²) in [5.74, 6) is 0.214. The molecule has 0 radical (unpaired) electrons. The number of unbranched alkanes of at least 4 members (excludes halogenated alkanes) is 5. The highest BCUT2D eigenvalue weighted by atomic mass is 32.1. The summed E-state index contributed by atoms with van der Waals surface area (Å²) in [4.78, 5) is 1.45. The molecule has 1 aromatic heterocycles. The monoisotopic (exact) mass is 525 g/mol. The molecule has 0 aliphatic carbocycles. The van der Waals surface area contributed by atoms with E-state index in [1.165, 1.54) is 77.6 Å². The van der Waals surface area contributed by atoms with Crippen molar-refractivity contribution in [1.82, 2.24) is 5.32 Å². The van der Waals surface area contributed by atoms with E-state index >= 15 is 0 Å². The number of nitrogens with one attached hydrogen (secondary N) is 1. The van der Waals surface area contributed by atoms with Gasteiger partial charge in [0.1, 0.15) is 0 Å². The van der Waals surface area contributed by atoms with Crippen LogP contribution in [-0.2, 0) is 19.4 Å². The van der Waals surface area contributed by atoms with Gasteiger partial charge in [0.05, 0.1) is 5.76 Å². The third kappa shape index (κ3) is 9.96. The molecule has 0 saturated heterocycles. The van der Waals surface area contributed by atoms with Gasteiger partial charge in [0.25, 0.3) is 0 Å². The van der Waals surface area contributed by atoms with Crippen LogP contribution in [0.4, 0.5) is 0 Å². The Balaban J connectivity index is 0.000000336. The molecule has 3 aromatic carbocycles. The summed E-state index contributed by atoms with van der Waals surface area (Å²) in [7, 11) is 1.99. The van der Waals surface area contributed by atoms with Gasteiger partial charge in [0.2, 0.25) is 0 Å². The fourth-order valence-corrected chi connectivity index (χ4v) is 5.53. The van der Waals surface area contributed by atoms with Crippen molar-refractivity contribution in [1.29, 1.82) is 0 Å². The summed E-state index contributed by atoms with van der Waals surface area (Å²) in [5.41, 5.74) is 7.87. The van der Waals surface area contributed by atoms with E-state index in [4.69, 9.17) is 5.11 Å². The summed E-state index contributed by atoms with van der Waals surface area (Å²) >= 11 is 1.88. The van der Waals surface area contributed by atoms with Gasteiger partial charge in [-0.3, -0.25) is 0 Å². The molecule has 1 heterocycles. The molecule has 4 aromatic rings. The van der Waals surface area contributed by atoms with Gasteiger partial charge in [-0.1, -0.05) is 118 Å². The number of hydrogen-bond acceptors (Lipinski definition) is 3. The van der Waals surface area contributed by atoms with Gasteiger partial charge < -0.3 is 10.4 Å². The molecule has 0 aliphatic rings. The Bertz CT molecular complexity index is 1210. The zero-order chi connectivity index (χ0) is 27.0. The maximum absolute atomic E-state index is 8.81. The Morgan fingerprint density at radius 3 is 2.18 bits per heavy atom. The minimum Gasteiger partial charge on any atom is -0.513 e. The lowest BCUT2D eigenvalue weighted by atomic mass is 9.99. The number of hydrogen-bond donors (Lipinski definition) is 2. The topological polar surface area (TPSA) is 32.3 Å². The van der Waals surface area contributed by atoms with Crippen LogP contribution in [0.25, 0.3) is 21.6 Å². The van der Waals surface area contributed by atoms with Crippen molar-refractivity contribution < 1.29 is 5.11 Å². The summed E-state index contributed by atoms with van der Waals surface area (Å²) in [6.45, 7) is 6.60. The van der Waals surface area contributed by atoms with E-state index < -0.39 is 0 Å². The third-order valence-electron chi connectivity index (χ3n) is 6.59. The molecule has 0 spiro atoms. The highest BCUT2D eigenvalue weighted by Gasteiger charge is 2.08. The average Bonchev–Trinajstić information content (AvgIpc) is 3.41. The van der Waals surface area contributed by atoms with Crippen molar-refractivity contribution in [3.8, 4) is 21.6 Å². The van der Waals surface area contributed by atoms with Crippen LogP contribution in [-0.4, -0.2) is 12.2 Å². The number of aliphatic hydroxyl groups is 1. The van der Waals surface area contributed by atoms with Gasteiger partial charge >= 0.3 is 0 Å². The third-order valence-corrected chi connectivity index (χ3v) is 7.60. The van der Waals surface area contributed by atoms with Gasteiger partial charge in [-0.05, 0) is 70.8 Å². The highest BCUT2D eigenvalue weighted by Crippen LogP contribution is 2.33. The maximum Gasteiger partial charge on any atom is 0.0894 e. The normalized spacial score (nSPS) is 10.6. The van der Waals surface area contributed by atoms with Gasteiger partial charge in [-0.25, -0.2) is 0 Å². The number of allylic oxidation sites excluding steroid dienone is 1. The van der Waals surface area contributed by atoms with Gasteiger partial charge in [0, 0.05) is 17.8 Å². The first kappa shape index (κ1) is 29.4. The number of aryl methyl sites for hydroxylation is 1. The van der Waals surface area contributed by atoms with E-state index in [1.807, 2.05) is 48.7 Å². The molecule has 0 bridgehead atoms. The zero-order valence-electron chi connectivity index (χ0n) is 23.1. The molecule has 2 N–H and O–H groups in total. The molecule has 200 valence electrons. The summed E-state index contributed by atoms with van der Waals surface area (Å²) in [6.07, 6.45) is 9.90. The largest absolute Gasteiger partial charge is 0.513 e. The van der Waals surface area contributed by atoms with E-state index in [2.05, 4.69) is 78.8 Å². The fraction of sp³-hybridized carbons (Fsp3) is 0.314. The number of thiophene rings is 1. The quantitative estimate of drug-likeness (QED) is 0.134. The summed E-state index contributed by atoms with van der Waals surface area (Å²) in [5, 5.41) is 14.3. The van der Waals surface area contributed by atoms with Crippen LogP contribution in [0.3, 0.4) is 0 Å². The molecule has 3 heteroatoms. The predicted octanol–water partition coefficient (Wildman–Crippen LogP) is 10.0. The molecule has 0 aliphatic heterocycles. The molecule has 0 atom stereocenters. The lowest BCUT2D eigenvalue weighted by Gasteiger charge is -2.08. The highest BCUT2D eigenvalue weighted by molar-refractivity contribution is 7.13. The molecule has 2 nitrogen and oxygen atoms in total. The van der Waals surface area contributed by atoms with Crippen molar-refractivity contribution in [3.63, 3.8) is 0 Å². The zero-order valence-corrected chi connectivity index (χ0v) is 23.9. The van der Waals surface area contributed by atoms with Crippen molar-refractivity contribution in [2.45, 2.75) is 64.8 Å². The molecule has 4 rings (SSSR count). The molecule has 0 unspecified atom stereocenters. The second-order valence-corrected chi connectivity index (χ2v) is 10.7. The first-order valence-electron chi connectivity index (χ1n) is 13.9. The molecule has 0 fully saturated rings. The van der Waals surface area contributed by atoms with Crippen molar-refractivity contribution >= 4 is 11.3 Å². The first-order chi connectivity index (χ1) is 18.6. The minimum atomic E-state index is 0.214. The summed E-state index contributed by atoms with van der Waals surface area (Å²) < 4.78 is 0. The van der Waals surface area contributed by atoms with Crippen LogP contribution in [0.2, 0.25) is 0 Å². The SMILES string of the molecule is C=C(O)Cc1ccccc1.CCCCCCCCc1ccsc1-c1cccc(-c2ccc(CNC)cc2)c1. The van der Waals surface area contributed by atoms with E-state index in [-0.39, 0.29) is 5.76 Å². The van der Waals surface area contributed by atoms with E-state index in [1.54, 1.807) is 0 Å². The van der Waals surface area contributed by atoms with Crippen LogP contribution in [0.5, 0.6) is 0 Å². The molecular formula is C35H43NOS. The molecular weight excluding hydrogens is 482 g/mol. The van der Waals surface area contributed by atoms with E-state index in [9.17, 15) is 0 Å². The Hall–Kier alpha value is -3.14. The molecule has 38 heavy (non-hydrogen) atoms. The van der Waals surface area contributed by atoms with Crippen LogP contribution in [0.15, 0.2) is 103 Å². The Kier molecular flexibility index (Phi) is 12.9. The van der Waals surface area contributed by atoms with Crippen LogP contribution >= 0.6 is 11.3 Å². The second-order valence-electron chi connectivity index (χ2n) is 9.83. The molecule has 0 saturated carbocycles. The Morgan fingerprint density at radius 2 is 1.47 bits per heavy atom. The van der Waals surface area contributed by atoms with Gasteiger partial charge in [-0.15, -0.1) is 11.3 Å². The van der Waals surface area contributed by atoms with Crippen LogP contribution in [0, 0.1) is 0 Å². The standard InChI is InChI=1S/C26H33NS.C9H10O/c1-3-4-5-6-7-8-10-23-17-18-28-26(23)25-12-9-11-24(19-25)22-15-13-21(14-16-22)20-27-2;1-8(10)7-9-5-3-2-4-6-9/h9,11-19,27H,3-8,10,20H2,1-2H3;2-6,10H,1,7H2. The first-order valence-corrected chi connectivity index (χ1v) is 14.8. The number of aliphatic hydroxyl groups excluding tert-OH is 1. The van der Waals surface area contributed by atoms with Crippen LogP contribution < -0.4 is 5.32 Å². The summed E-state index contributed by atoms with van der Waals surface area (Å²) in [6, 6.07) is 30.0. The van der Waals surface area contributed by atoms with E-state index in [0.717, 1.165) is 12.1 Å². The Labute approximate surface area is 234 Å². The van der Waals surface area contributed by atoms with Gasteiger partial charge in [-0.2, -0.15) is 0 Å². The van der Waals surface area contributed by atoms with Crippen molar-refractivity contribution in [2.24, 2.45) is 0 Å². The Morgan fingerprint density at radius 1 is 0.763 bits per heavy atom. The van der Waals surface area contributed by atoms with Crippen LogP contribution in [0.1, 0.15) is 62.1 Å². The number of rotatable bonds is 13. The lowest BCUT2D eigenvalue weighted by Crippen LogP contribution is -2.04. The average molecular weight is 526 g/mol. The van der Waals surface area contributed by atoms with Crippen molar-refractivity contribution in [2.75, 3.05) is 7.05 Å². The lowest BCUT2D eigenvalue weighted by molar-refractivity contribution is 0.401. The number of benzene rings is 3. The minimum absolute atomic E-state index is 0.214. The predicted molar refractivity (Wildman–Crippen MR) is 167 cm³/mol. The smallest absolute Gasteiger partial charge is 0.0894 e. The maximum atomic E-state index is 8.81.